The van der Waals surface area contributed by atoms with Gasteiger partial charge in [-0.05, 0) is 24.0 Å². The summed E-state index contributed by atoms with van der Waals surface area (Å²) in [5, 5.41) is 6.63. The molecule has 0 radical (unpaired) electrons. The molecule has 25 heavy (non-hydrogen) atoms. The number of aryl methyl sites for hydroxylation is 1. The Bertz CT molecular complexity index is 949. The van der Waals surface area contributed by atoms with Crippen molar-refractivity contribution in [2.24, 2.45) is 5.92 Å². The molecule has 1 atom stereocenters. The summed E-state index contributed by atoms with van der Waals surface area (Å²) in [6.45, 7) is 5.37. The van der Waals surface area contributed by atoms with Gasteiger partial charge in [0.2, 0.25) is 25.8 Å². The van der Waals surface area contributed by atoms with E-state index in [1.54, 1.807) is 26.0 Å². The Hall–Kier alpha value is -1.78. The SMILES string of the molecule is Cc1ccccc1CS(=O)(=O)N[C@H](c1nnc(S(C)(=O)=O)o1)C(C)C. The number of hydrogen-bond donors (Lipinski definition) is 1. The zero-order valence-corrected chi connectivity index (χ0v) is 16.1. The van der Waals surface area contributed by atoms with Crippen LogP contribution < -0.4 is 4.72 Å². The Morgan fingerprint density at radius 2 is 1.76 bits per heavy atom. The molecule has 0 aliphatic heterocycles. The van der Waals surface area contributed by atoms with Gasteiger partial charge in [0.1, 0.15) is 6.04 Å². The van der Waals surface area contributed by atoms with Gasteiger partial charge < -0.3 is 4.42 Å². The predicted octanol–water partition coefficient (Wildman–Crippen LogP) is 1.60. The Morgan fingerprint density at radius 3 is 2.28 bits per heavy atom. The number of nitrogens with one attached hydrogen (secondary N) is 1. The van der Waals surface area contributed by atoms with Crippen LogP contribution in [0.4, 0.5) is 0 Å². The molecule has 0 aliphatic carbocycles. The standard InChI is InChI=1S/C15H21N3O5S2/c1-10(2)13(14-16-17-15(23-14)24(4,19)20)18-25(21,22)9-12-8-6-5-7-11(12)3/h5-8,10,13,18H,9H2,1-4H3/t13-/m0/s1. The first kappa shape index (κ1) is 19.5. The third-order valence-electron chi connectivity index (χ3n) is 3.59. The van der Waals surface area contributed by atoms with Crippen molar-refractivity contribution in [3.63, 3.8) is 0 Å². The second-order valence-corrected chi connectivity index (χ2v) is 9.85. The molecular weight excluding hydrogens is 366 g/mol. The molecular formula is C15H21N3O5S2. The molecule has 0 bridgehead atoms. The molecule has 0 amide bonds. The van der Waals surface area contributed by atoms with E-state index >= 15 is 0 Å². The van der Waals surface area contributed by atoms with E-state index in [0.717, 1.165) is 11.8 Å². The van der Waals surface area contributed by atoms with Crippen molar-refractivity contribution in [1.29, 1.82) is 0 Å². The third kappa shape index (κ3) is 5.10. The molecule has 0 spiro atoms. The summed E-state index contributed by atoms with van der Waals surface area (Å²) in [5.41, 5.74) is 1.55. The van der Waals surface area contributed by atoms with Gasteiger partial charge in [0.25, 0.3) is 0 Å². The molecule has 0 saturated heterocycles. The quantitative estimate of drug-likeness (QED) is 0.766. The second kappa shape index (κ2) is 7.22. The van der Waals surface area contributed by atoms with Gasteiger partial charge in [0.15, 0.2) is 0 Å². The van der Waals surface area contributed by atoms with Gasteiger partial charge in [-0.3, -0.25) is 0 Å². The van der Waals surface area contributed by atoms with Crippen molar-refractivity contribution in [1.82, 2.24) is 14.9 Å². The Balaban J connectivity index is 2.27. The van der Waals surface area contributed by atoms with E-state index in [2.05, 4.69) is 14.9 Å². The highest BCUT2D eigenvalue weighted by Crippen LogP contribution is 2.24. The fraction of sp³-hybridized carbons (Fsp3) is 0.467. The molecule has 1 N–H and O–H groups in total. The summed E-state index contributed by atoms with van der Waals surface area (Å²) in [6.07, 6.45) is 0.941. The largest absolute Gasteiger partial charge is 0.411 e. The summed E-state index contributed by atoms with van der Waals surface area (Å²) in [4.78, 5) is 0. The van der Waals surface area contributed by atoms with Gasteiger partial charge >= 0.3 is 5.22 Å². The highest BCUT2D eigenvalue weighted by molar-refractivity contribution is 7.90. The van der Waals surface area contributed by atoms with Gasteiger partial charge in [0.05, 0.1) is 5.75 Å². The normalized spacial score (nSPS) is 14.0. The first-order chi connectivity index (χ1) is 11.5. The number of rotatable bonds is 7. The van der Waals surface area contributed by atoms with Gasteiger partial charge in [-0.25, -0.2) is 21.6 Å². The van der Waals surface area contributed by atoms with Crippen molar-refractivity contribution in [2.45, 2.75) is 37.8 Å². The summed E-state index contributed by atoms with van der Waals surface area (Å²) in [6, 6.07) is 6.36. The molecule has 10 heteroatoms. The lowest BCUT2D eigenvalue weighted by Crippen LogP contribution is -2.33. The van der Waals surface area contributed by atoms with Crippen LogP contribution in [0.2, 0.25) is 0 Å². The van der Waals surface area contributed by atoms with Crippen molar-refractivity contribution in [2.75, 3.05) is 6.26 Å². The highest BCUT2D eigenvalue weighted by atomic mass is 32.2. The number of sulfone groups is 1. The first-order valence-electron chi connectivity index (χ1n) is 7.57. The zero-order valence-electron chi connectivity index (χ0n) is 14.4. The van der Waals surface area contributed by atoms with Crippen LogP contribution >= 0.6 is 0 Å². The third-order valence-corrected chi connectivity index (χ3v) is 5.69. The van der Waals surface area contributed by atoms with Crippen molar-refractivity contribution < 1.29 is 21.3 Å². The Morgan fingerprint density at radius 1 is 1.12 bits per heavy atom. The minimum Gasteiger partial charge on any atom is -0.411 e. The molecule has 1 aromatic heterocycles. The maximum atomic E-state index is 12.5. The second-order valence-electron chi connectivity index (χ2n) is 6.20. The van der Waals surface area contributed by atoms with Crippen LogP contribution in [0.15, 0.2) is 33.9 Å². The topological polar surface area (TPSA) is 119 Å². The van der Waals surface area contributed by atoms with Crippen LogP contribution in [0.5, 0.6) is 0 Å². The summed E-state index contributed by atoms with van der Waals surface area (Å²) < 4.78 is 55.7. The number of sulfonamides is 1. The maximum absolute atomic E-state index is 12.5. The molecule has 0 saturated carbocycles. The molecule has 2 rings (SSSR count). The van der Waals surface area contributed by atoms with Crippen LogP contribution in [-0.2, 0) is 25.6 Å². The maximum Gasteiger partial charge on any atom is 0.335 e. The van der Waals surface area contributed by atoms with Gasteiger partial charge in [-0.15, -0.1) is 5.10 Å². The average molecular weight is 387 g/mol. The fourth-order valence-electron chi connectivity index (χ4n) is 2.18. The Kier molecular flexibility index (Phi) is 5.65. The smallest absolute Gasteiger partial charge is 0.335 e. The number of nitrogens with zero attached hydrogens (tertiary/aromatic N) is 2. The van der Waals surface area contributed by atoms with Crippen molar-refractivity contribution >= 4 is 19.9 Å². The summed E-state index contributed by atoms with van der Waals surface area (Å²) >= 11 is 0. The lowest BCUT2D eigenvalue weighted by Gasteiger charge is -2.19. The highest BCUT2D eigenvalue weighted by Gasteiger charge is 2.29. The molecule has 1 aromatic carbocycles. The monoisotopic (exact) mass is 387 g/mol. The van der Waals surface area contributed by atoms with Gasteiger partial charge in [-0.2, -0.15) is 0 Å². The minimum absolute atomic E-state index is 0.0798. The van der Waals surface area contributed by atoms with E-state index in [-0.39, 0.29) is 17.6 Å². The van der Waals surface area contributed by atoms with E-state index in [1.807, 2.05) is 19.1 Å². The van der Waals surface area contributed by atoms with Crippen LogP contribution in [0.25, 0.3) is 0 Å². The van der Waals surface area contributed by atoms with E-state index in [9.17, 15) is 16.8 Å². The minimum atomic E-state index is -3.70. The fourth-order valence-corrected chi connectivity index (χ4v) is 4.18. The van der Waals surface area contributed by atoms with E-state index in [4.69, 9.17) is 4.42 Å². The lowest BCUT2D eigenvalue weighted by molar-refractivity contribution is 0.327. The molecule has 0 unspecified atom stereocenters. The molecule has 0 fully saturated rings. The van der Waals surface area contributed by atoms with Crippen LogP contribution in [0.1, 0.15) is 36.9 Å². The Labute approximate surface area is 147 Å². The van der Waals surface area contributed by atoms with Gasteiger partial charge in [-0.1, -0.05) is 43.2 Å². The molecule has 2 aromatic rings. The van der Waals surface area contributed by atoms with E-state index in [1.165, 1.54) is 0 Å². The summed E-state index contributed by atoms with van der Waals surface area (Å²) in [5.74, 6) is -0.501. The van der Waals surface area contributed by atoms with Crippen molar-refractivity contribution in [3.05, 3.63) is 41.3 Å². The zero-order chi connectivity index (χ0) is 18.8. The summed E-state index contributed by atoms with van der Waals surface area (Å²) in [7, 11) is -7.36. The number of benzene rings is 1. The van der Waals surface area contributed by atoms with Crippen LogP contribution in [0.3, 0.4) is 0 Å². The first-order valence-corrected chi connectivity index (χ1v) is 11.1. The van der Waals surface area contributed by atoms with Crippen LogP contribution in [-0.4, -0.2) is 33.3 Å². The molecule has 138 valence electrons. The van der Waals surface area contributed by atoms with Gasteiger partial charge in [0, 0.05) is 6.26 Å². The average Bonchev–Trinajstić information content (AvgIpc) is 2.96. The number of hydrogen-bond acceptors (Lipinski definition) is 7. The lowest BCUT2D eigenvalue weighted by atomic mass is 10.1. The molecule has 0 aliphatic rings. The van der Waals surface area contributed by atoms with Crippen LogP contribution in [0, 0.1) is 12.8 Å². The van der Waals surface area contributed by atoms with E-state index < -0.39 is 31.1 Å². The predicted molar refractivity (Wildman–Crippen MR) is 91.9 cm³/mol. The van der Waals surface area contributed by atoms with E-state index in [0.29, 0.717) is 5.56 Å². The molecule has 1 heterocycles. The molecule has 8 nitrogen and oxygen atoms in total. The van der Waals surface area contributed by atoms with Crippen molar-refractivity contribution in [3.8, 4) is 0 Å². The number of aromatic nitrogens is 2.